The Labute approximate surface area is 106 Å². The van der Waals surface area contributed by atoms with E-state index < -0.39 is 5.82 Å². The summed E-state index contributed by atoms with van der Waals surface area (Å²) in [4.78, 5) is 11.7. The Hall–Kier alpha value is -1.62. The van der Waals surface area contributed by atoms with Crippen LogP contribution in [0.25, 0.3) is 0 Å². The van der Waals surface area contributed by atoms with E-state index in [0.29, 0.717) is 25.7 Å². The second kappa shape index (κ2) is 6.96. The van der Waals surface area contributed by atoms with Gasteiger partial charge in [0.25, 0.3) is 5.91 Å². The van der Waals surface area contributed by atoms with Crippen molar-refractivity contribution in [3.63, 3.8) is 0 Å². The first kappa shape index (κ1) is 14.4. The minimum atomic E-state index is -0.517. The molecule has 1 amide bonds. The molecule has 0 heterocycles. The Balaban J connectivity index is 2.36. The fraction of sp³-hybridized carbons (Fsp3) is 0.462. The van der Waals surface area contributed by atoms with Crippen LogP contribution in [-0.4, -0.2) is 25.7 Å². The van der Waals surface area contributed by atoms with Crippen LogP contribution in [0.2, 0.25) is 0 Å². The highest BCUT2D eigenvalue weighted by molar-refractivity contribution is 5.95. The molecular weight excluding hydrogens is 235 g/mol. The predicted molar refractivity (Wildman–Crippen MR) is 68.8 cm³/mol. The number of carbonyl (C=O) groups is 1. The number of rotatable bonds is 6. The third kappa shape index (κ3) is 5.14. The number of carbonyl (C=O) groups excluding carboxylic acids is 1. The molecule has 0 fully saturated rings. The van der Waals surface area contributed by atoms with Gasteiger partial charge in [-0.25, -0.2) is 4.39 Å². The first-order valence-corrected chi connectivity index (χ1v) is 5.91. The van der Waals surface area contributed by atoms with Crippen LogP contribution in [0.4, 0.5) is 10.1 Å². The van der Waals surface area contributed by atoms with E-state index in [0.717, 1.165) is 6.07 Å². The number of halogens is 1. The van der Waals surface area contributed by atoms with Gasteiger partial charge in [0.1, 0.15) is 5.82 Å². The number of hydrogen-bond acceptors (Lipinski definition) is 3. The van der Waals surface area contributed by atoms with E-state index in [1.54, 1.807) is 0 Å². The van der Waals surface area contributed by atoms with E-state index in [1.807, 2.05) is 13.8 Å². The van der Waals surface area contributed by atoms with Gasteiger partial charge in [0.05, 0.1) is 6.61 Å². The van der Waals surface area contributed by atoms with Gasteiger partial charge >= 0.3 is 0 Å². The molecule has 0 aliphatic carbocycles. The summed E-state index contributed by atoms with van der Waals surface area (Å²) < 4.78 is 18.4. The average molecular weight is 254 g/mol. The number of hydrogen-bond donors (Lipinski definition) is 2. The standard InChI is InChI=1S/C13H19FN2O2/c1-9(2)8-18-4-3-16-13(17)10-5-11(14)7-12(15)6-10/h5-7,9H,3-4,8,15H2,1-2H3,(H,16,17). The second-order valence-electron chi connectivity index (χ2n) is 4.50. The van der Waals surface area contributed by atoms with Crippen molar-refractivity contribution < 1.29 is 13.9 Å². The van der Waals surface area contributed by atoms with E-state index in [2.05, 4.69) is 5.32 Å². The Morgan fingerprint density at radius 1 is 1.44 bits per heavy atom. The summed E-state index contributed by atoms with van der Waals surface area (Å²) >= 11 is 0. The monoisotopic (exact) mass is 254 g/mol. The second-order valence-corrected chi connectivity index (χ2v) is 4.50. The average Bonchev–Trinajstić information content (AvgIpc) is 2.26. The van der Waals surface area contributed by atoms with Crippen LogP contribution in [0.5, 0.6) is 0 Å². The van der Waals surface area contributed by atoms with Crippen LogP contribution >= 0.6 is 0 Å². The number of nitrogens with one attached hydrogen (secondary N) is 1. The van der Waals surface area contributed by atoms with Crippen molar-refractivity contribution in [3.8, 4) is 0 Å². The first-order chi connectivity index (χ1) is 8.49. The smallest absolute Gasteiger partial charge is 0.251 e. The molecule has 0 unspecified atom stereocenters. The van der Waals surface area contributed by atoms with Gasteiger partial charge in [-0.1, -0.05) is 13.8 Å². The highest BCUT2D eigenvalue weighted by Gasteiger charge is 2.07. The molecule has 0 radical (unpaired) electrons. The molecule has 1 aromatic carbocycles. The topological polar surface area (TPSA) is 64.3 Å². The largest absolute Gasteiger partial charge is 0.399 e. The summed E-state index contributed by atoms with van der Waals surface area (Å²) in [6, 6.07) is 3.76. The highest BCUT2D eigenvalue weighted by atomic mass is 19.1. The minimum Gasteiger partial charge on any atom is -0.399 e. The van der Waals surface area contributed by atoms with Gasteiger partial charge in [-0.3, -0.25) is 4.79 Å². The van der Waals surface area contributed by atoms with Crippen LogP contribution in [0, 0.1) is 11.7 Å². The van der Waals surface area contributed by atoms with Gasteiger partial charge in [-0.2, -0.15) is 0 Å². The zero-order valence-electron chi connectivity index (χ0n) is 10.7. The molecule has 100 valence electrons. The lowest BCUT2D eigenvalue weighted by molar-refractivity contribution is 0.0886. The lowest BCUT2D eigenvalue weighted by Crippen LogP contribution is -2.27. The van der Waals surface area contributed by atoms with Gasteiger partial charge < -0.3 is 15.8 Å². The van der Waals surface area contributed by atoms with Gasteiger partial charge in [-0.05, 0) is 24.1 Å². The SMILES string of the molecule is CC(C)COCCNC(=O)c1cc(N)cc(F)c1. The summed E-state index contributed by atoms with van der Waals surface area (Å²) in [6.45, 7) is 5.59. The number of anilines is 1. The van der Waals surface area contributed by atoms with Crippen molar-refractivity contribution in [1.29, 1.82) is 0 Å². The first-order valence-electron chi connectivity index (χ1n) is 5.91. The van der Waals surface area contributed by atoms with E-state index in [4.69, 9.17) is 10.5 Å². The van der Waals surface area contributed by atoms with Crippen molar-refractivity contribution in [2.45, 2.75) is 13.8 Å². The number of ether oxygens (including phenoxy) is 1. The third-order valence-electron chi connectivity index (χ3n) is 2.17. The van der Waals surface area contributed by atoms with Gasteiger partial charge in [-0.15, -0.1) is 0 Å². The summed E-state index contributed by atoms with van der Waals surface area (Å²) in [5, 5.41) is 2.64. The molecule has 0 saturated heterocycles. The molecule has 3 N–H and O–H groups in total. The maximum atomic E-state index is 13.0. The van der Waals surface area contributed by atoms with Crippen LogP contribution in [0.3, 0.4) is 0 Å². The lowest BCUT2D eigenvalue weighted by Gasteiger charge is -2.08. The van der Waals surface area contributed by atoms with Gasteiger partial charge in [0.15, 0.2) is 0 Å². The van der Waals surface area contributed by atoms with Crippen LogP contribution in [0.1, 0.15) is 24.2 Å². The molecule has 0 aliphatic heterocycles. The van der Waals surface area contributed by atoms with Gasteiger partial charge in [0.2, 0.25) is 0 Å². The van der Waals surface area contributed by atoms with Crippen LogP contribution < -0.4 is 11.1 Å². The fourth-order valence-electron chi connectivity index (χ4n) is 1.40. The molecule has 1 aromatic rings. The molecule has 4 nitrogen and oxygen atoms in total. The summed E-state index contributed by atoms with van der Waals surface area (Å²) in [5.41, 5.74) is 5.91. The van der Waals surface area contributed by atoms with E-state index >= 15 is 0 Å². The van der Waals surface area contributed by atoms with Crippen molar-refractivity contribution >= 4 is 11.6 Å². The summed E-state index contributed by atoms with van der Waals surface area (Å²) in [6.07, 6.45) is 0. The summed E-state index contributed by atoms with van der Waals surface area (Å²) in [7, 11) is 0. The maximum Gasteiger partial charge on any atom is 0.251 e. The van der Waals surface area contributed by atoms with Gasteiger partial charge in [0, 0.05) is 24.4 Å². The lowest BCUT2D eigenvalue weighted by atomic mass is 10.2. The Morgan fingerprint density at radius 2 is 2.17 bits per heavy atom. The minimum absolute atomic E-state index is 0.219. The molecule has 0 aromatic heterocycles. The Morgan fingerprint density at radius 3 is 2.78 bits per heavy atom. The molecule has 0 spiro atoms. The van der Waals surface area contributed by atoms with E-state index in [9.17, 15) is 9.18 Å². The van der Waals surface area contributed by atoms with E-state index in [1.165, 1.54) is 12.1 Å². The van der Waals surface area contributed by atoms with Crippen LogP contribution in [-0.2, 0) is 4.74 Å². The normalized spacial score (nSPS) is 10.7. The fourth-order valence-corrected chi connectivity index (χ4v) is 1.40. The van der Waals surface area contributed by atoms with Crippen molar-refractivity contribution in [1.82, 2.24) is 5.32 Å². The molecule has 1 rings (SSSR count). The van der Waals surface area contributed by atoms with E-state index in [-0.39, 0.29) is 17.2 Å². The Bertz CT molecular complexity index is 388. The molecule has 0 saturated carbocycles. The molecule has 0 bridgehead atoms. The van der Waals surface area contributed by atoms with Crippen molar-refractivity contribution in [2.75, 3.05) is 25.5 Å². The highest BCUT2D eigenvalue weighted by Crippen LogP contribution is 2.10. The molecule has 18 heavy (non-hydrogen) atoms. The van der Waals surface area contributed by atoms with Crippen molar-refractivity contribution in [2.24, 2.45) is 5.92 Å². The molecule has 0 atom stereocenters. The number of amides is 1. The predicted octanol–water partition coefficient (Wildman–Crippen LogP) is 1.81. The van der Waals surface area contributed by atoms with Crippen LogP contribution in [0.15, 0.2) is 18.2 Å². The molecule has 0 aliphatic rings. The number of benzene rings is 1. The zero-order chi connectivity index (χ0) is 13.5. The quantitative estimate of drug-likeness (QED) is 0.601. The maximum absolute atomic E-state index is 13.0. The molecular formula is C13H19FN2O2. The zero-order valence-corrected chi connectivity index (χ0v) is 10.7. The van der Waals surface area contributed by atoms with Crippen molar-refractivity contribution in [3.05, 3.63) is 29.6 Å². The third-order valence-corrected chi connectivity index (χ3v) is 2.17. The number of nitrogen functional groups attached to an aromatic ring is 1. The Kier molecular flexibility index (Phi) is 5.58. The molecule has 5 heteroatoms. The number of nitrogens with two attached hydrogens (primary N) is 1. The summed E-state index contributed by atoms with van der Waals surface area (Å²) in [5.74, 6) is -0.408.